The maximum atomic E-state index is 13.4. The van der Waals surface area contributed by atoms with Gasteiger partial charge < -0.3 is 19.4 Å². The molecule has 0 radical (unpaired) electrons. The van der Waals surface area contributed by atoms with E-state index in [1.165, 1.54) is 12.0 Å². The van der Waals surface area contributed by atoms with Gasteiger partial charge in [-0.2, -0.15) is 13.4 Å². The molecular weight excluding hydrogens is 570 g/mol. The standard InChI is InChI=1S/C29H36F2N4O6S/c1-7-40-26(36)16-35(15-25(30)31)14-21-8-9-22(24(12-21)39-6)13-23-20(5)33-29(32)34-28(23)41-42(37,38)27-18(3)10-17(2)11-19(27)4/h8-12,25H,7,13-16H2,1-6H3,(H2,32,33,34). The van der Waals surface area contributed by atoms with Crippen molar-refractivity contribution in [3.8, 4) is 11.6 Å². The minimum Gasteiger partial charge on any atom is -0.496 e. The van der Waals surface area contributed by atoms with E-state index < -0.39 is 29.1 Å². The van der Waals surface area contributed by atoms with Crippen LogP contribution in [0.15, 0.2) is 35.2 Å². The number of nitrogens with two attached hydrogens (primary N) is 1. The lowest BCUT2D eigenvalue weighted by molar-refractivity contribution is -0.145. The number of ether oxygens (including phenoxy) is 2. The summed E-state index contributed by atoms with van der Waals surface area (Å²) in [4.78, 5) is 21.6. The number of benzene rings is 2. The Bertz CT molecular complexity index is 1530. The Morgan fingerprint density at radius 1 is 1.07 bits per heavy atom. The number of alkyl halides is 2. The smallest absolute Gasteiger partial charge is 0.341 e. The molecule has 3 rings (SSSR count). The van der Waals surface area contributed by atoms with Gasteiger partial charge in [0.05, 0.1) is 32.5 Å². The van der Waals surface area contributed by atoms with Gasteiger partial charge in [0.1, 0.15) is 10.6 Å². The zero-order valence-corrected chi connectivity index (χ0v) is 25.3. The van der Waals surface area contributed by atoms with Crippen molar-refractivity contribution in [1.82, 2.24) is 14.9 Å². The lowest BCUT2D eigenvalue weighted by Gasteiger charge is -2.22. The molecule has 0 aliphatic carbocycles. The first-order chi connectivity index (χ1) is 19.7. The van der Waals surface area contributed by atoms with E-state index in [1.807, 2.05) is 6.92 Å². The Kier molecular flexibility index (Phi) is 10.8. The quantitative estimate of drug-likeness (QED) is 0.222. The van der Waals surface area contributed by atoms with Crippen molar-refractivity contribution in [3.05, 3.63) is 69.4 Å². The van der Waals surface area contributed by atoms with Crippen molar-refractivity contribution in [2.45, 2.75) is 58.9 Å². The highest BCUT2D eigenvalue weighted by Crippen LogP contribution is 2.32. The lowest BCUT2D eigenvalue weighted by Crippen LogP contribution is -2.34. The summed E-state index contributed by atoms with van der Waals surface area (Å²) in [5, 5.41) is 0. The van der Waals surface area contributed by atoms with E-state index in [9.17, 15) is 22.0 Å². The van der Waals surface area contributed by atoms with Gasteiger partial charge in [-0.05, 0) is 62.9 Å². The predicted octanol–water partition coefficient (Wildman–Crippen LogP) is 4.29. The minimum atomic E-state index is -4.28. The molecule has 0 spiro atoms. The van der Waals surface area contributed by atoms with Crippen molar-refractivity contribution < 1.29 is 35.6 Å². The summed E-state index contributed by atoms with van der Waals surface area (Å²) in [5.41, 5.74) is 9.89. The van der Waals surface area contributed by atoms with Gasteiger partial charge in [0.2, 0.25) is 11.8 Å². The van der Waals surface area contributed by atoms with Crippen LogP contribution in [0.1, 0.15) is 46.0 Å². The van der Waals surface area contributed by atoms with Gasteiger partial charge in [-0.25, -0.2) is 13.8 Å². The Labute approximate surface area is 244 Å². The van der Waals surface area contributed by atoms with E-state index >= 15 is 0 Å². The first-order valence-corrected chi connectivity index (χ1v) is 14.6. The maximum absolute atomic E-state index is 13.4. The number of nitrogens with zero attached hydrogens (tertiary/aromatic N) is 3. The van der Waals surface area contributed by atoms with Crippen LogP contribution in [0.3, 0.4) is 0 Å². The number of carbonyl (C=O) groups is 1. The van der Waals surface area contributed by atoms with Crippen molar-refractivity contribution in [2.24, 2.45) is 0 Å². The second kappa shape index (κ2) is 13.9. The van der Waals surface area contributed by atoms with Gasteiger partial charge in [0.15, 0.2) is 0 Å². The van der Waals surface area contributed by atoms with E-state index in [1.54, 1.807) is 58.0 Å². The number of esters is 1. The van der Waals surface area contributed by atoms with E-state index in [0.717, 1.165) is 5.56 Å². The van der Waals surface area contributed by atoms with Crippen molar-refractivity contribution in [2.75, 3.05) is 32.5 Å². The highest BCUT2D eigenvalue weighted by Gasteiger charge is 2.26. The Morgan fingerprint density at radius 2 is 1.74 bits per heavy atom. The molecule has 0 atom stereocenters. The fourth-order valence-corrected chi connectivity index (χ4v) is 6.16. The van der Waals surface area contributed by atoms with E-state index in [0.29, 0.717) is 39.3 Å². The third kappa shape index (κ3) is 8.35. The Morgan fingerprint density at radius 3 is 2.33 bits per heavy atom. The second-order valence-corrected chi connectivity index (χ2v) is 11.4. The SMILES string of the molecule is CCOC(=O)CN(Cc1ccc(Cc2c(C)nc(N)nc2OS(=O)(=O)c2c(C)cc(C)cc2C)c(OC)c1)CC(F)F. The summed E-state index contributed by atoms with van der Waals surface area (Å²) in [7, 11) is -2.83. The van der Waals surface area contributed by atoms with Gasteiger partial charge in [-0.15, -0.1) is 0 Å². The van der Waals surface area contributed by atoms with Gasteiger partial charge in [-0.1, -0.05) is 29.8 Å². The summed E-state index contributed by atoms with van der Waals surface area (Å²) in [6.45, 7) is 7.85. The van der Waals surface area contributed by atoms with Crippen molar-refractivity contribution in [3.63, 3.8) is 0 Å². The molecular formula is C29H36F2N4O6S. The number of rotatable bonds is 13. The first-order valence-electron chi connectivity index (χ1n) is 13.2. The Balaban J connectivity index is 1.94. The number of anilines is 1. The fourth-order valence-electron chi connectivity index (χ4n) is 4.82. The molecule has 13 heteroatoms. The van der Waals surface area contributed by atoms with Crippen LogP contribution in [0.5, 0.6) is 11.6 Å². The summed E-state index contributed by atoms with van der Waals surface area (Å²) < 4.78 is 69.2. The lowest BCUT2D eigenvalue weighted by atomic mass is 10.0. The van der Waals surface area contributed by atoms with Gasteiger partial charge in [0.25, 0.3) is 6.43 Å². The second-order valence-electron chi connectivity index (χ2n) is 9.90. The molecule has 0 aliphatic heterocycles. The topological polar surface area (TPSA) is 134 Å². The number of aryl methyl sites for hydroxylation is 4. The summed E-state index contributed by atoms with van der Waals surface area (Å²) in [5.74, 6) is -0.542. The van der Waals surface area contributed by atoms with Crippen LogP contribution >= 0.6 is 0 Å². The monoisotopic (exact) mass is 606 g/mol. The number of hydrogen-bond donors (Lipinski definition) is 1. The summed E-state index contributed by atoms with van der Waals surface area (Å²) in [6, 6.07) is 8.62. The molecule has 0 saturated carbocycles. The average molecular weight is 607 g/mol. The number of nitrogen functional groups attached to an aromatic ring is 1. The van der Waals surface area contributed by atoms with Crippen LogP contribution in [0.2, 0.25) is 0 Å². The molecule has 0 aliphatic rings. The third-order valence-corrected chi connectivity index (χ3v) is 7.94. The molecule has 2 aromatic carbocycles. The van der Waals surface area contributed by atoms with Gasteiger partial charge >= 0.3 is 16.1 Å². The van der Waals surface area contributed by atoms with E-state index in [-0.39, 0.29) is 42.8 Å². The van der Waals surface area contributed by atoms with Crippen molar-refractivity contribution in [1.29, 1.82) is 0 Å². The zero-order valence-electron chi connectivity index (χ0n) is 24.5. The van der Waals surface area contributed by atoms with E-state index in [4.69, 9.17) is 19.4 Å². The van der Waals surface area contributed by atoms with Crippen molar-refractivity contribution >= 4 is 22.0 Å². The molecule has 10 nitrogen and oxygen atoms in total. The fraction of sp³-hybridized carbons (Fsp3) is 0.414. The van der Waals surface area contributed by atoms with Crippen LogP contribution in [-0.4, -0.2) is 62.5 Å². The highest BCUT2D eigenvalue weighted by atomic mass is 32.2. The largest absolute Gasteiger partial charge is 0.496 e. The van der Waals surface area contributed by atoms with Crippen LogP contribution in [0, 0.1) is 27.7 Å². The molecule has 0 unspecified atom stereocenters. The van der Waals surface area contributed by atoms with E-state index in [2.05, 4.69) is 9.97 Å². The molecule has 0 amide bonds. The molecule has 1 aromatic heterocycles. The molecule has 2 N–H and O–H groups in total. The van der Waals surface area contributed by atoms with Crippen LogP contribution < -0.4 is 14.7 Å². The molecule has 3 aromatic rings. The molecule has 42 heavy (non-hydrogen) atoms. The maximum Gasteiger partial charge on any atom is 0.341 e. The number of methoxy groups -OCH3 is 1. The molecule has 228 valence electrons. The molecule has 0 bridgehead atoms. The number of carbonyl (C=O) groups excluding carboxylic acids is 1. The van der Waals surface area contributed by atoms with Gasteiger partial charge in [-0.3, -0.25) is 9.69 Å². The third-order valence-electron chi connectivity index (χ3n) is 6.42. The molecule has 1 heterocycles. The zero-order chi connectivity index (χ0) is 31.2. The first kappa shape index (κ1) is 32.7. The van der Waals surface area contributed by atoms with Crippen LogP contribution in [0.4, 0.5) is 14.7 Å². The minimum absolute atomic E-state index is 0.0473. The average Bonchev–Trinajstić information content (AvgIpc) is 2.85. The summed E-state index contributed by atoms with van der Waals surface area (Å²) in [6.07, 6.45) is -2.52. The summed E-state index contributed by atoms with van der Waals surface area (Å²) >= 11 is 0. The number of hydrogen-bond acceptors (Lipinski definition) is 10. The van der Waals surface area contributed by atoms with Crippen LogP contribution in [0.25, 0.3) is 0 Å². The predicted molar refractivity (Wildman–Crippen MR) is 153 cm³/mol. The Hall–Kier alpha value is -3.84. The van der Waals surface area contributed by atoms with Gasteiger partial charge in [0, 0.05) is 18.5 Å². The normalized spacial score (nSPS) is 11.7. The molecule has 0 fully saturated rings. The highest BCUT2D eigenvalue weighted by molar-refractivity contribution is 7.87. The van der Waals surface area contributed by atoms with Crippen LogP contribution in [-0.2, 0) is 32.6 Å². The molecule has 0 saturated heterocycles. The number of aromatic nitrogens is 2. The number of halogens is 2.